The van der Waals surface area contributed by atoms with Crippen LogP contribution in [-0.2, 0) is 0 Å². The fourth-order valence-electron chi connectivity index (χ4n) is 1.68. The summed E-state index contributed by atoms with van der Waals surface area (Å²) >= 11 is 11.6. The lowest BCUT2D eigenvalue weighted by atomic mass is 10.1. The molecule has 0 saturated carbocycles. The Morgan fingerprint density at radius 1 is 1.24 bits per heavy atom. The molecule has 0 unspecified atom stereocenters. The Hall–Kier alpha value is -2.78. The van der Waals surface area contributed by atoms with Crippen LogP contribution in [0.25, 0.3) is 15.8 Å². The summed E-state index contributed by atoms with van der Waals surface area (Å²) in [5, 5.41) is 18.7. The average Bonchev–Trinajstić information content (AvgIpc) is 2.81. The van der Waals surface area contributed by atoms with Crippen molar-refractivity contribution in [2.24, 2.45) is 4.99 Å². The highest BCUT2D eigenvalue weighted by atomic mass is 35.5. The summed E-state index contributed by atoms with van der Waals surface area (Å²) in [5.41, 5.74) is 0.628. The minimum atomic E-state index is -0.241. The van der Waals surface area contributed by atoms with Crippen molar-refractivity contribution in [3.05, 3.63) is 67.5 Å². The molecule has 0 spiro atoms. The van der Waals surface area contributed by atoms with Gasteiger partial charge in [0, 0.05) is 0 Å². The molecule has 1 aromatic carbocycles. The summed E-state index contributed by atoms with van der Waals surface area (Å²) in [4.78, 5) is 10.2. The van der Waals surface area contributed by atoms with Gasteiger partial charge >= 0.3 is 0 Å². The highest BCUT2D eigenvalue weighted by Crippen LogP contribution is 2.35. The molecule has 0 aliphatic carbocycles. The zero-order chi connectivity index (χ0) is 15.6. The monoisotopic (exact) mass is 314 g/mol. The fraction of sp³-hybridized carbons (Fsp3) is 0. The third-order valence-corrected chi connectivity index (χ3v) is 3.18. The normalized spacial score (nSPS) is 15.4. The maximum Gasteiger partial charge on any atom is 0.276 e. The van der Waals surface area contributed by atoms with E-state index in [9.17, 15) is 5.11 Å². The molecular weight excluding hydrogens is 311 g/mol. The fourth-order valence-corrected chi connectivity index (χ4v) is 2.18. The minimum absolute atomic E-state index is 0.0244. The Balaban J connectivity index is 2.61. The molecule has 1 aliphatic rings. The van der Waals surface area contributed by atoms with Crippen LogP contribution in [0.1, 0.15) is 5.56 Å². The summed E-state index contributed by atoms with van der Waals surface area (Å²) in [7, 11) is 0. The van der Waals surface area contributed by atoms with Crippen molar-refractivity contribution in [3.8, 4) is 11.8 Å². The summed E-state index contributed by atoms with van der Waals surface area (Å²) in [5.74, 6) is -0.362. The highest BCUT2D eigenvalue weighted by Gasteiger charge is 2.27. The summed E-state index contributed by atoms with van der Waals surface area (Å²) in [6.45, 7) is 14.0. The van der Waals surface area contributed by atoms with Gasteiger partial charge in [-0.1, -0.05) is 29.8 Å². The number of phenols is 1. The highest BCUT2D eigenvalue weighted by molar-refractivity contribution is 6.37. The van der Waals surface area contributed by atoms with Crippen molar-refractivity contribution in [3.63, 3.8) is 0 Å². The molecule has 1 N–H and O–H groups in total. The molecule has 0 amide bonds. The van der Waals surface area contributed by atoms with Crippen LogP contribution in [0.3, 0.4) is 0 Å². The van der Waals surface area contributed by atoms with Crippen molar-refractivity contribution >= 4 is 35.1 Å². The van der Waals surface area contributed by atoms with Gasteiger partial charge in [0.15, 0.2) is 11.4 Å². The standard InChI is InChI=1S/C14H4Cl2N4O/c1-18-12-8(6-17)11(20-14(12)19-2)5-7-3-9(15)13(21)10(16)4-7/h3-5,21H/b11-5-. The van der Waals surface area contributed by atoms with Gasteiger partial charge < -0.3 is 9.95 Å². The molecule has 0 bridgehead atoms. The molecule has 21 heavy (non-hydrogen) atoms. The second-order valence-electron chi connectivity index (χ2n) is 3.86. The van der Waals surface area contributed by atoms with Crippen LogP contribution in [0.15, 0.2) is 34.1 Å². The van der Waals surface area contributed by atoms with Gasteiger partial charge in [-0.05, 0) is 23.8 Å². The second-order valence-corrected chi connectivity index (χ2v) is 4.67. The minimum Gasteiger partial charge on any atom is -0.505 e. The van der Waals surface area contributed by atoms with Gasteiger partial charge in [-0.3, -0.25) is 0 Å². The largest absolute Gasteiger partial charge is 0.505 e. The number of halogens is 2. The second kappa shape index (κ2) is 5.69. The average molecular weight is 315 g/mol. The van der Waals surface area contributed by atoms with E-state index in [0.717, 1.165) is 0 Å². The van der Waals surface area contributed by atoms with E-state index in [-0.39, 0.29) is 38.6 Å². The molecule has 1 aromatic rings. The van der Waals surface area contributed by atoms with E-state index in [4.69, 9.17) is 41.6 Å². The number of phenolic OH excluding ortho intramolecular Hbond substituents is 1. The topological polar surface area (TPSA) is 65.1 Å². The van der Waals surface area contributed by atoms with Gasteiger partial charge in [0.1, 0.15) is 0 Å². The van der Waals surface area contributed by atoms with E-state index in [1.165, 1.54) is 18.2 Å². The van der Waals surface area contributed by atoms with E-state index >= 15 is 0 Å². The summed E-state index contributed by atoms with van der Waals surface area (Å²) in [6.07, 6.45) is 1.47. The molecule has 0 fully saturated rings. The number of benzene rings is 1. The maximum atomic E-state index is 9.50. The number of aromatic hydroxyl groups is 1. The van der Waals surface area contributed by atoms with E-state index in [0.29, 0.717) is 5.56 Å². The van der Waals surface area contributed by atoms with E-state index in [1.54, 1.807) is 0 Å². The zero-order valence-corrected chi connectivity index (χ0v) is 11.7. The smallest absolute Gasteiger partial charge is 0.276 e. The molecular formula is C14H4Cl2N4O. The van der Waals surface area contributed by atoms with Crippen LogP contribution in [0.2, 0.25) is 10.0 Å². The summed E-state index contributed by atoms with van der Waals surface area (Å²) < 4.78 is 0. The molecule has 0 aromatic heterocycles. The predicted octanol–water partition coefficient (Wildman–Crippen LogP) is 4.07. The van der Waals surface area contributed by atoms with Gasteiger partial charge in [-0.2, -0.15) is 5.26 Å². The number of nitriles is 1. The van der Waals surface area contributed by atoms with Gasteiger partial charge in [0.25, 0.3) is 5.84 Å². The zero-order valence-electron chi connectivity index (χ0n) is 10.2. The first kappa shape index (κ1) is 14.6. The van der Waals surface area contributed by atoms with Crippen molar-refractivity contribution in [2.75, 3.05) is 0 Å². The lowest BCUT2D eigenvalue weighted by molar-refractivity contribution is 0.476. The molecule has 0 saturated heterocycles. The molecule has 1 heterocycles. The number of hydrogen-bond donors (Lipinski definition) is 1. The lowest BCUT2D eigenvalue weighted by Gasteiger charge is -2.01. The van der Waals surface area contributed by atoms with Crippen molar-refractivity contribution in [1.82, 2.24) is 0 Å². The number of allylic oxidation sites excluding steroid dienone is 1. The van der Waals surface area contributed by atoms with Gasteiger partial charge in [-0.15, -0.1) is 4.99 Å². The number of nitrogens with zero attached hydrogens (tertiary/aromatic N) is 4. The molecule has 100 valence electrons. The third kappa shape index (κ3) is 2.59. The molecule has 1 aliphatic heterocycles. The molecule has 0 atom stereocenters. The molecule has 5 nitrogen and oxygen atoms in total. The third-order valence-electron chi connectivity index (χ3n) is 2.60. The number of rotatable bonds is 1. The van der Waals surface area contributed by atoms with E-state index in [2.05, 4.69) is 14.7 Å². The molecule has 0 radical (unpaired) electrons. The van der Waals surface area contributed by atoms with Crippen molar-refractivity contribution in [1.29, 1.82) is 5.26 Å². The first-order valence-corrected chi connectivity index (χ1v) is 6.15. The number of aliphatic imine (C=N–C) groups is 1. The van der Waals surface area contributed by atoms with Crippen LogP contribution >= 0.6 is 23.2 Å². The van der Waals surface area contributed by atoms with Crippen molar-refractivity contribution < 1.29 is 5.11 Å². The quantitative estimate of drug-likeness (QED) is 0.794. The Bertz CT molecular complexity index is 837. The van der Waals surface area contributed by atoms with Crippen LogP contribution in [0.5, 0.6) is 5.75 Å². The first-order chi connectivity index (χ1) is 10.0. The van der Waals surface area contributed by atoms with Crippen LogP contribution in [0.4, 0.5) is 0 Å². The Kier molecular flexibility index (Phi) is 3.96. The SMILES string of the molecule is [C-]#[N+]C1=N/C(=C\c2cc(Cl)c(O)c(Cl)c2)C(C#N)=C1[N+]#[C-]. The van der Waals surface area contributed by atoms with Gasteiger partial charge in [0.2, 0.25) is 5.70 Å². The number of amidine groups is 1. The number of hydrogen-bond acceptors (Lipinski definition) is 3. The maximum absolute atomic E-state index is 9.50. The van der Waals surface area contributed by atoms with E-state index < -0.39 is 0 Å². The summed E-state index contributed by atoms with van der Waals surface area (Å²) in [6, 6.07) is 4.74. The predicted molar refractivity (Wildman–Crippen MR) is 79.4 cm³/mol. The van der Waals surface area contributed by atoms with Gasteiger partial charge in [0.05, 0.1) is 28.3 Å². The van der Waals surface area contributed by atoms with Gasteiger partial charge in [-0.25, -0.2) is 4.85 Å². The first-order valence-electron chi connectivity index (χ1n) is 5.40. The Labute approximate surface area is 130 Å². The van der Waals surface area contributed by atoms with Crippen molar-refractivity contribution in [2.45, 2.75) is 0 Å². The molecule has 2 rings (SSSR count). The van der Waals surface area contributed by atoms with Crippen LogP contribution < -0.4 is 0 Å². The van der Waals surface area contributed by atoms with Crippen LogP contribution in [-0.4, -0.2) is 10.9 Å². The molecule has 7 heteroatoms. The lowest BCUT2D eigenvalue weighted by Crippen LogP contribution is -1.88. The Morgan fingerprint density at radius 2 is 1.86 bits per heavy atom. The van der Waals surface area contributed by atoms with Crippen LogP contribution in [0, 0.1) is 24.5 Å². The Morgan fingerprint density at radius 3 is 2.33 bits per heavy atom. The van der Waals surface area contributed by atoms with E-state index in [1.807, 2.05) is 6.07 Å².